The Bertz CT molecular complexity index is 1690. The molecule has 196 valence electrons. The van der Waals surface area contributed by atoms with Gasteiger partial charge in [0, 0.05) is 17.8 Å². The summed E-state index contributed by atoms with van der Waals surface area (Å²) < 4.78 is 52.9. The molecule has 0 saturated carbocycles. The third-order valence-corrected chi connectivity index (χ3v) is 6.96. The molecule has 0 atom stereocenters. The molecule has 2 heterocycles. The van der Waals surface area contributed by atoms with Crippen LogP contribution in [0.3, 0.4) is 0 Å². The highest BCUT2D eigenvalue weighted by Gasteiger charge is 2.25. The fourth-order valence-electron chi connectivity index (χ4n) is 3.95. The van der Waals surface area contributed by atoms with Crippen molar-refractivity contribution >= 4 is 15.9 Å². The Morgan fingerprint density at radius 1 is 1.03 bits per heavy atom. The van der Waals surface area contributed by atoms with Crippen molar-refractivity contribution in [1.29, 1.82) is 0 Å². The van der Waals surface area contributed by atoms with Crippen molar-refractivity contribution in [3.8, 4) is 28.6 Å². The van der Waals surface area contributed by atoms with Gasteiger partial charge in [0.25, 0.3) is 21.5 Å². The van der Waals surface area contributed by atoms with E-state index in [1.165, 1.54) is 43.6 Å². The van der Waals surface area contributed by atoms with Crippen molar-refractivity contribution in [2.75, 3.05) is 7.11 Å². The number of halogens is 1. The zero-order chi connectivity index (χ0) is 27.6. The van der Waals surface area contributed by atoms with Crippen LogP contribution >= 0.6 is 0 Å². The van der Waals surface area contributed by atoms with Gasteiger partial charge < -0.3 is 14.5 Å². The van der Waals surface area contributed by atoms with Crippen molar-refractivity contribution in [1.82, 2.24) is 14.7 Å². The Balaban J connectivity index is 1.82. The van der Waals surface area contributed by atoms with Gasteiger partial charge in [-0.2, -0.15) is 0 Å². The van der Waals surface area contributed by atoms with Crippen LogP contribution in [0.5, 0.6) is 17.4 Å². The van der Waals surface area contributed by atoms with Crippen LogP contribution < -0.4 is 19.8 Å². The molecule has 2 N–H and O–H groups in total. The highest BCUT2D eigenvalue weighted by molar-refractivity contribution is 7.90. The summed E-state index contributed by atoms with van der Waals surface area (Å²) in [4.78, 5) is 31.3. The Morgan fingerprint density at radius 2 is 1.74 bits per heavy atom. The summed E-state index contributed by atoms with van der Waals surface area (Å²) in [5.41, 5.74) is 2.02. The lowest BCUT2D eigenvalue weighted by molar-refractivity contribution is 0.0978. The molecule has 0 aliphatic carbocycles. The van der Waals surface area contributed by atoms with E-state index in [1.54, 1.807) is 6.07 Å². The number of aromatic nitrogens is 2. The molecular formula is C27H24FN3O6S. The smallest absolute Gasteiger partial charge is 0.270 e. The van der Waals surface area contributed by atoms with Gasteiger partial charge in [0.05, 0.1) is 12.8 Å². The SMILES string of the molecule is COc1cc(F)cc(-c2ccc(C(=O)NS(=O)(=O)c3ccc[nH]c3=O)c(Oc3c(C)cc(C)cc3C)n2)c1. The van der Waals surface area contributed by atoms with Gasteiger partial charge in [0.1, 0.15) is 22.9 Å². The minimum Gasteiger partial charge on any atom is -0.497 e. The summed E-state index contributed by atoms with van der Waals surface area (Å²) in [6.45, 7) is 5.57. The van der Waals surface area contributed by atoms with E-state index in [0.29, 0.717) is 11.3 Å². The number of pyridine rings is 2. The Hall–Kier alpha value is -4.51. The molecule has 9 nitrogen and oxygen atoms in total. The number of sulfonamides is 1. The number of hydrogen-bond donors (Lipinski definition) is 2. The first-order valence-corrected chi connectivity index (χ1v) is 12.8. The maximum Gasteiger partial charge on any atom is 0.270 e. The Labute approximate surface area is 218 Å². The third kappa shape index (κ3) is 5.57. The number of methoxy groups -OCH3 is 1. The van der Waals surface area contributed by atoms with E-state index in [4.69, 9.17) is 9.47 Å². The summed E-state index contributed by atoms with van der Waals surface area (Å²) in [5, 5.41) is 0. The van der Waals surface area contributed by atoms with E-state index in [0.717, 1.165) is 22.8 Å². The first-order chi connectivity index (χ1) is 18.0. The summed E-state index contributed by atoms with van der Waals surface area (Å²) >= 11 is 0. The van der Waals surface area contributed by atoms with Gasteiger partial charge in [-0.05, 0) is 68.3 Å². The first kappa shape index (κ1) is 26.6. The fraction of sp³-hybridized carbons (Fsp3) is 0.148. The molecule has 0 bridgehead atoms. The van der Waals surface area contributed by atoms with Crippen LogP contribution in [0.2, 0.25) is 0 Å². The molecule has 1 amide bonds. The zero-order valence-electron chi connectivity index (χ0n) is 21.0. The van der Waals surface area contributed by atoms with Gasteiger partial charge in [-0.1, -0.05) is 17.7 Å². The Kier molecular flexibility index (Phi) is 7.31. The number of hydrogen-bond acceptors (Lipinski definition) is 7. The lowest BCUT2D eigenvalue weighted by Gasteiger charge is -2.16. The van der Waals surface area contributed by atoms with Crippen molar-refractivity contribution in [3.63, 3.8) is 0 Å². The predicted molar refractivity (Wildman–Crippen MR) is 139 cm³/mol. The number of carbonyl (C=O) groups excluding carboxylic acids is 1. The van der Waals surface area contributed by atoms with Crippen LogP contribution in [0.4, 0.5) is 4.39 Å². The number of benzene rings is 2. The van der Waals surface area contributed by atoms with Crippen molar-refractivity contribution in [3.05, 3.63) is 99.2 Å². The lowest BCUT2D eigenvalue weighted by atomic mass is 10.1. The largest absolute Gasteiger partial charge is 0.497 e. The number of carbonyl (C=O) groups is 1. The van der Waals surface area contributed by atoms with E-state index in [2.05, 4.69) is 9.97 Å². The molecule has 38 heavy (non-hydrogen) atoms. The van der Waals surface area contributed by atoms with Crippen LogP contribution in [0.15, 0.2) is 70.5 Å². The number of aromatic amines is 1. The molecule has 2 aromatic carbocycles. The monoisotopic (exact) mass is 537 g/mol. The predicted octanol–water partition coefficient (Wildman–Crippen LogP) is 4.42. The van der Waals surface area contributed by atoms with Gasteiger partial charge in [0.15, 0.2) is 4.90 Å². The van der Waals surface area contributed by atoms with E-state index in [1.807, 2.05) is 37.6 Å². The van der Waals surface area contributed by atoms with Crippen molar-refractivity contribution < 1.29 is 27.1 Å². The van der Waals surface area contributed by atoms with E-state index in [9.17, 15) is 22.4 Å². The van der Waals surface area contributed by atoms with E-state index >= 15 is 0 Å². The third-order valence-electron chi connectivity index (χ3n) is 5.61. The summed E-state index contributed by atoms with van der Waals surface area (Å²) in [7, 11) is -3.12. The van der Waals surface area contributed by atoms with Crippen LogP contribution in [-0.2, 0) is 10.0 Å². The standard InChI is InChI=1S/C27H24FN3O6S/c1-15-10-16(2)24(17(3)11-15)37-27-21(25(32)31-38(34,35)23-6-5-9-29-26(23)33)7-8-22(30-27)18-12-19(28)14-20(13-18)36-4/h5-14H,1-4H3,(H,29,33)(H,31,32). The Morgan fingerprint density at radius 3 is 2.39 bits per heavy atom. The topological polar surface area (TPSA) is 127 Å². The number of rotatable bonds is 7. The molecule has 0 aliphatic rings. The molecule has 0 aliphatic heterocycles. The van der Waals surface area contributed by atoms with Gasteiger partial charge in [-0.15, -0.1) is 0 Å². The van der Waals surface area contributed by atoms with Crippen LogP contribution in [0.25, 0.3) is 11.3 Å². The van der Waals surface area contributed by atoms with Crippen LogP contribution in [0, 0.1) is 26.6 Å². The molecule has 0 saturated heterocycles. The van der Waals surface area contributed by atoms with Crippen LogP contribution in [-0.4, -0.2) is 31.4 Å². The average Bonchev–Trinajstić information content (AvgIpc) is 2.85. The number of nitrogens with zero attached hydrogens (tertiary/aromatic N) is 1. The number of ether oxygens (including phenoxy) is 2. The second-order valence-corrected chi connectivity index (χ2v) is 10.2. The molecule has 0 spiro atoms. The zero-order valence-corrected chi connectivity index (χ0v) is 21.8. The minimum atomic E-state index is -4.52. The number of aryl methyl sites for hydroxylation is 3. The average molecular weight is 538 g/mol. The minimum absolute atomic E-state index is 0.213. The number of amides is 1. The van der Waals surface area contributed by atoms with Gasteiger partial charge in [-0.25, -0.2) is 22.5 Å². The molecule has 11 heteroatoms. The van der Waals surface area contributed by atoms with Crippen LogP contribution in [0.1, 0.15) is 27.0 Å². The highest BCUT2D eigenvalue weighted by atomic mass is 32.2. The lowest BCUT2D eigenvalue weighted by Crippen LogP contribution is -2.34. The molecule has 2 aromatic heterocycles. The van der Waals surface area contributed by atoms with Crippen molar-refractivity contribution in [2.45, 2.75) is 25.7 Å². The molecule has 0 fully saturated rings. The van der Waals surface area contributed by atoms with Gasteiger partial charge in [0.2, 0.25) is 5.88 Å². The number of H-pyrrole nitrogens is 1. The maximum atomic E-state index is 14.2. The van der Waals surface area contributed by atoms with E-state index in [-0.39, 0.29) is 22.9 Å². The number of nitrogens with one attached hydrogen (secondary N) is 2. The fourth-order valence-corrected chi connectivity index (χ4v) is 4.98. The van der Waals surface area contributed by atoms with Crippen molar-refractivity contribution in [2.24, 2.45) is 0 Å². The summed E-state index contributed by atoms with van der Waals surface area (Å²) in [5.74, 6) is -1.16. The summed E-state index contributed by atoms with van der Waals surface area (Å²) in [6.07, 6.45) is 1.27. The second-order valence-electron chi connectivity index (χ2n) is 8.56. The molecular weight excluding hydrogens is 513 g/mol. The second kappa shape index (κ2) is 10.5. The quantitative estimate of drug-likeness (QED) is 0.357. The van der Waals surface area contributed by atoms with Gasteiger partial charge in [-0.3, -0.25) is 9.59 Å². The normalized spacial score (nSPS) is 11.2. The highest BCUT2D eigenvalue weighted by Crippen LogP contribution is 2.33. The van der Waals surface area contributed by atoms with E-state index < -0.39 is 32.2 Å². The molecule has 0 unspecified atom stereocenters. The molecule has 4 aromatic rings. The first-order valence-electron chi connectivity index (χ1n) is 11.3. The van der Waals surface area contributed by atoms with Gasteiger partial charge >= 0.3 is 0 Å². The molecule has 0 radical (unpaired) electrons. The molecule has 4 rings (SSSR count). The summed E-state index contributed by atoms with van der Waals surface area (Å²) in [6, 6.07) is 12.9. The maximum absolute atomic E-state index is 14.2.